The molecule has 1 N–H and O–H groups in total. The topological polar surface area (TPSA) is 50.8 Å². The zero-order valence-corrected chi connectivity index (χ0v) is 16.1. The number of carbonyl (C=O) groups excluding carboxylic acids is 1. The second-order valence-corrected chi connectivity index (χ2v) is 6.70. The molecule has 0 bridgehead atoms. The first-order valence-corrected chi connectivity index (χ1v) is 9.60. The molecule has 1 saturated heterocycles. The van der Waals surface area contributed by atoms with E-state index in [9.17, 15) is 4.79 Å². The van der Waals surface area contributed by atoms with Gasteiger partial charge in [-0.25, -0.2) is 0 Å². The van der Waals surface area contributed by atoms with Crippen LogP contribution in [0, 0.1) is 0 Å². The van der Waals surface area contributed by atoms with Crippen LogP contribution in [0.1, 0.15) is 41.7 Å². The van der Waals surface area contributed by atoms with Gasteiger partial charge in [0.1, 0.15) is 11.5 Å². The molecule has 1 fully saturated rings. The molecule has 0 aliphatic carbocycles. The largest absolute Gasteiger partial charge is 0.497 e. The molecule has 1 unspecified atom stereocenters. The zero-order chi connectivity index (χ0) is 19.1. The zero-order valence-electron chi connectivity index (χ0n) is 16.1. The van der Waals surface area contributed by atoms with E-state index in [2.05, 4.69) is 22.3 Å². The number of hydrogen-bond acceptors (Lipinski definition) is 4. The summed E-state index contributed by atoms with van der Waals surface area (Å²) in [5, 5.41) is 3.10. The maximum absolute atomic E-state index is 12.6. The van der Waals surface area contributed by atoms with Crippen molar-refractivity contribution in [2.45, 2.75) is 25.8 Å². The minimum atomic E-state index is -0.0796. The Morgan fingerprint density at radius 1 is 1.11 bits per heavy atom. The molecule has 0 aromatic heterocycles. The van der Waals surface area contributed by atoms with Crippen LogP contribution in [-0.4, -0.2) is 44.2 Å². The van der Waals surface area contributed by atoms with Gasteiger partial charge in [-0.05, 0) is 68.8 Å². The van der Waals surface area contributed by atoms with Gasteiger partial charge in [-0.2, -0.15) is 0 Å². The molecule has 0 radical (unpaired) electrons. The lowest BCUT2D eigenvalue weighted by molar-refractivity contribution is 0.0937. The molecule has 1 aliphatic rings. The van der Waals surface area contributed by atoms with E-state index in [4.69, 9.17) is 9.47 Å². The molecule has 1 aliphatic heterocycles. The van der Waals surface area contributed by atoms with Crippen molar-refractivity contribution in [1.82, 2.24) is 10.2 Å². The molecule has 3 rings (SSSR count). The van der Waals surface area contributed by atoms with Crippen molar-refractivity contribution in [2.24, 2.45) is 0 Å². The fourth-order valence-electron chi connectivity index (χ4n) is 3.52. The summed E-state index contributed by atoms with van der Waals surface area (Å²) < 4.78 is 10.8. The van der Waals surface area contributed by atoms with Crippen LogP contribution in [0.5, 0.6) is 11.5 Å². The molecule has 2 aromatic rings. The van der Waals surface area contributed by atoms with Crippen molar-refractivity contribution in [1.29, 1.82) is 0 Å². The van der Waals surface area contributed by atoms with Crippen LogP contribution in [-0.2, 0) is 0 Å². The van der Waals surface area contributed by atoms with Crippen LogP contribution in [0.25, 0.3) is 0 Å². The number of nitrogens with one attached hydrogen (secondary N) is 1. The van der Waals surface area contributed by atoms with E-state index in [1.807, 2.05) is 31.2 Å². The van der Waals surface area contributed by atoms with E-state index in [-0.39, 0.29) is 11.9 Å². The molecule has 1 atom stereocenters. The van der Waals surface area contributed by atoms with Gasteiger partial charge in [0, 0.05) is 12.1 Å². The number of likely N-dealkylation sites (tertiary alicyclic amines) is 1. The Morgan fingerprint density at radius 3 is 2.52 bits per heavy atom. The number of rotatable bonds is 8. The second kappa shape index (κ2) is 9.42. The van der Waals surface area contributed by atoms with E-state index >= 15 is 0 Å². The summed E-state index contributed by atoms with van der Waals surface area (Å²) in [4.78, 5) is 15.0. The fraction of sp³-hybridized carbons (Fsp3) is 0.409. The minimum Gasteiger partial charge on any atom is -0.497 e. The SMILES string of the molecule is CCOc1ccc(C(CNC(=O)c2cccc(OC)c2)N2CCCC2)cc1. The van der Waals surface area contributed by atoms with Gasteiger partial charge in [-0.1, -0.05) is 18.2 Å². The molecule has 144 valence electrons. The van der Waals surface area contributed by atoms with Crippen molar-refractivity contribution < 1.29 is 14.3 Å². The number of methoxy groups -OCH3 is 1. The first-order chi connectivity index (χ1) is 13.2. The van der Waals surface area contributed by atoms with Crippen LogP contribution in [0.3, 0.4) is 0 Å². The predicted molar refractivity (Wildman–Crippen MR) is 106 cm³/mol. The van der Waals surface area contributed by atoms with Crippen molar-refractivity contribution in [3.8, 4) is 11.5 Å². The Labute approximate surface area is 161 Å². The van der Waals surface area contributed by atoms with Crippen LogP contribution in [0.15, 0.2) is 48.5 Å². The number of nitrogens with zero attached hydrogens (tertiary/aromatic N) is 1. The van der Waals surface area contributed by atoms with Crippen molar-refractivity contribution >= 4 is 5.91 Å². The Kier molecular flexibility index (Phi) is 6.71. The first kappa shape index (κ1) is 19.2. The number of hydrogen-bond donors (Lipinski definition) is 1. The van der Waals surface area contributed by atoms with Crippen molar-refractivity contribution in [3.63, 3.8) is 0 Å². The van der Waals surface area contributed by atoms with Gasteiger partial charge < -0.3 is 14.8 Å². The second-order valence-electron chi connectivity index (χ2n) is 6.70. The number of carbonyl (C=O) groups is 1. The lowest BCUT2D eigenvalue weighted by Gasteiger charge is -2.28. The average molecular weight is 368 g/mol. The summed E-state index contributed by atoms with van der Waals surface area (Å²) in [6.45, 7) is 5.34. The summed E-state index contributed by atoms with van der Waals surface area (Å²) in [5.41, 5.74) is 1.81. The van der Waals surface area contributed by atoms with Gasteiger partial charge in [0.2, 0.25) is 0 Å². The van der Waals surface area contributed by atoms with E-state index in [1.165, 1.54) is 18.4 Å². The van der Waals surface area contributed by atoms with Crippen LogP contribution >= 0.6 is 0 Å². The maximum atomic E-state index is 12.6. The van der Waals surface area contributed by atoms with Gasteiger partial charge >= 0.3 is 0 Å². The predicted octanol–water partition coefficient (Wildman–Crippen LogP) is 3.66. The third-order valence-corrected chi connectivity index (χ3v) is 4.95. The number of ether oxygens (including phenoxy) is 2. The molecule has 1 heterocycles. The van der Waals surface area contributed by atoms with Crippen molar-refractivity contribution in [3.05, 3.63) is 59.7 Å². The Morgan fingerprint density at radius 2 is 1.85 bits per heavy atom. The molecular formula is C22H28N2O3. The van der Waals surface area contributed by atoms with Gasteiger partial charge in [-0.3, -0.25) is 9.69 Å². The number of benzene rings is 2. The van der Waals surface area contributed by atoms with Crippen molar-refractivity contribution in [2.75, 3.05) is 33.4 Å². The Balaban J connectivity index is 1.70. The summed E-state index contributed by atoms with van der Waals surface area (Å²) in [5.74, 6) is 1.48. The van der Waals surface area contributed by atoms with Crippen LogP contribution < -0.4 is 14.8 Å². The molecular weight excluding hydrogens is 340 g/mol. The Hall–Kier alpha value is -2.53. The highest BCUT2D eigenvalue weighted by Crippen LogP contribution is 2.26. The van der Waals surface area contributed by atoms with E-state index < -0.39 is 0 Å². The molecule has 5 nitrogen and oxygen atoms in total. The molecule has 2 aromatic carbocycles. The van der Waals surface area contributed by atoms with Gasteiger partial charge in [0.15, 0.2) is 0 Å². The fourth-order valence-corrected chi connectivity index (χ4v) is 3.52. The summed E-state index contributed by atoms with van der Waals surface area (Å²) >= 11 is 0. The highest BCUT2D eigenvalue weighted by Gasteiger charge is 2.24. The highest BCUT2D eigenvalue weighted by atomic mass is 16.5. The average Bonchev–Trinajstić information content (AvgIpc) is 3.24. The van der Waals surface area contributed by atoms with Gasteiger partial charge in [0.05, 0.1) is 19.8 Å². The summed E-state index contributed by atoms with van der Waals surface area (Å²) in [6.07, 6.45) is 2.41. The standard InChI is InChI=1S/C22H28N2O3/c1-3-27-19-11-9-17(10-12-19)21(24-13-4-5-14-24)16-23-22(25)18-7-6-8-20(15-18)26-2/h6-12,15,21H,3-5,13-14,16H2,1-2H3,(H,23,25). The van der Waals surface area contributed by atoms with E-state index in [0.29, 0.717) is 24.5 Å². The quantitative estimate of drug-likeness (QED) is 0.773. The lowest BCUT2D eigenvalue weighted by atomic mass is 10.0. The van der Waals surface area contributed by atoms with Crippen LogP contribution in [0.2, 0.25) is 0 Å². The molecule has 5 heteroatoms. The lowest BCUT2D eigenvalue weighted by Crippen LogP contribution is -2.36. The molecule has 1 amide bonds. The number of amides is 1. The summed E-state index contributed by atoms with van der Waals surface area (Å²) in [7, 11) is 1.60. The third kappa shape index (κ3) is 5.01. The van der Waals surface area contributed by atoms with Gasteiger partial charge in [-0.15, -0.1) is 0 Å². The summed E-state index contributed by atoms with van der Waals surface area (Å²) in [6, 6.07) is 15.6. The normalized spacial score (nSPS) is 15.3. The molecule has 27 heavy (non-hydrogen) atoms. The molecule has 0 spiro atoms. The maximum Gasteiger partial charge on any atom is 0.251 e. The smallest absolute Gasteiger partial charge is 0.251 e. The monoisotopic (exact) mass is 368 g/mol. The minimum absolute atomic E-state index is 0.0796. The van der Waals surface area contributed by atoms with E-state index in [1.54, 1.807) is 19.2 Å². The molecule has 0 saturated carbocycles. The first-order valence-electron chi connectivity index (χ1n) is 9.60. The van der Waals surface area contributed by atoms with Crippen LogP contribution in [0.4, 0.5) is 0 Å². The van der Waals surface area contributed by atoms with E-state index in [0.717, 1.165) is 18.8 Å². The third-order valence-electron chi connectivity index (χ3n) is 4.95. The van der Waals surface area contributed by atoms with Gasteiger partial charge in [0.25, 0.3) is 5.91 Å². The highest BCUT2D eigenvalue weighted by molar-refractivity contribution is 5.94. The Bertz CT molecular complexity index is 739.